The number of rotatable bonds is 11. The fourth-order valence-corrected chi connectivity index (χ4v) is 3.16. The Balaban J connectivity index is 1.61. The van der Waals surface area contributed by atoms with Crippen molar-refractivity contribution in [2.45, 2.75) is 39.5 Å². The van der Waals surface area contributed by atoms with Crippen molar-refractivity contribution in [1.82, 2.24) is 15.1 Å². The number of carbonyl (C=O) groups is 3. The maximum absolute atomic E-state index is 12.2. The molecule has 0 radical (unpaired) electrons. The summed E-state index contributed by atoms with van der Waals surface area (Å²) in [5.74, 6) is -0.350. The second kappa shape index (κ2) is 10.1. The van der Waals surface area contributed by atoms with Crippen LogP contribution < -0.4 is 5.32 Å². The lowest BCUT2D eigenvalue weighted by molar-refractivity contribution is -0.121. The van der Waals surface area contributed by atoms with E-state index in [9.17, 15) is 14.4 Å². The molecule has 0 aromatic heterocycles. The molecule has 1 aliphatic rings. The lowest BCUT2D eigenvalue weighted by Crippen LogP contribution is -2.34. The smallest absolute Gasteiger partial charge is 0.261 e. The zero-order chi connectivity index (χ0) is 18.9. The standard InChI is InChI=1S/C20H29N3O3/c1-3-22(4-2)15-13-21-18(24)12-6-5-9-14-23-19(25)16-10-7-8-11-17(16)20(23)26/h7-8,10-11H,3-6,9,12-15H2,1-2H3,(H,21,24). The molecular formula is C20H29N3O3. The summed E-state index contributed by atoms with van der Waals surface area (Å²) < 4.78 is 0. The van der Waals surface area contributed by atoms with E-state index in [4.69, 9.17) is 0 Å². The molecule has 142 valence electrons. The van der Waals surface area contributed by atoms with Gasteiger partial charge in [0.1, 0.15) is 0 Å². The van der Waals surface area contributed by atoms with E-state index >= 15 is 0 Å². The Bertz CT molecular complexity index is 606. The van der Waals surface area contributed by atoms with Crippen LogP contribution in [-0.4, -0.2) is 60.2 Å². The third-order valence-electron chi connectivity index (χ3n) is 4.81. The Kier molecular flexibility index (Phi) is 7.78. The molecule has 0 spiro atoms. The number of unbranched alkanes of at least 4 members (excludes halogenated alkanes) is 2. The van der Waals surface area contributed by atoms with Crippen LogP contribution in [0.25, 0.3) is 0 Å². The van der Waals surface area contributed by atoms with Crippen molar-refractivity contribution in [3.05, 3.63) is 35.4 Å². The maximum Gasteiger partial charge on any atom is 0.261 e. The average molecular weight is 359 g/mol. The van der Waals surface area contributed by atoms with Gasteiger partial charge in [-0.3, -0.25) is 19.3 Å². The Labute approximate surface area is 155 Å². The molecule has 1 aliphatic heterocycles. The van der Waals surface area contributed by atoms with E-state index in [1.165, 1.54) is 4.90 Å². The number of hydrogen-bond acceptors (Lipinski definition) is 4. The summed E-state index contributed by atoms with van der Waals surface area (Å²) in [4.78, 5) is 39.9. The quantitative estimate of drug-likeness (QED) is 0.486. The number of amides is 3. The van der Waals surface area contributed by atoms with Crippen LogP contribution in [0, 0.1) is 0 Å². The number of imide groups is 1. The molecule has 0 fully saturated rings. The summed E-state index contributed by atoms with van der Waals surface area (Å²) >= 11 is 0. The van der Waals surface area contributed by atoms with Crippen molar-refractivity contribution in [3.63, 3.8) is 0 Å². The molecule has 2 rings (SSSR count). The molecule has 0 saturated carbocycles. The molecular weight excluding hydrogens is 330 g/mol. The first-order chi connectivity index (χ1) is 12.6. The van der Waals surface area contributed by atoms with Gasteiger partial charge in [0.05, 0.1) is 11.1 Å². The highest BCUT2D eigenvalue weighted by Gasteiger charge is 2.34. The van der Waals surface area contributed by atoms with Gasteiger partial charge in [-0.25, -0.2) is 0 Å². The van der Waals surface area contributed by atoms with Gasteiger partial charge in [0.15, 0.2) is 0 Å². The van der Waals surface area contributed by atoms with Crippen LogP contribution in [0.5, 0.6) is 0 Å². The molecule has 6 nitrogen and oxygen atoms in total. The first-order valence-electron chi connectivity index (χ1n) is 9.52. The largest absolute Gasteiger partial charge is 0.355 e. The number of nitrogens with zero attached hydrogens (tertiary/aromatic N) is 2. The molecule has 6 heteroatoms. The van der Waals surface area contributed by atoms with Gasteiger partial charge < -0.3 is 10.2 Å². The molecule has 1 N–H and O–H groups in total. The molecule has 0 aliphatic carbocycles. The molecule has 3 amide bonds. The van der Waals surface area contributed by atoms with E-state index < -0.39 is 0 Å². The maximum atomic E-state index is 12.2. The van der Waals surface area contributed by atoms with Gasteiger partial charge in [0, 0.05) is 26.1 Å². The Hall–Kier alpha value is -2.21. The van der Waals surface area contributed by atoms with Crippen LogP contribution >= 0.6 is 0 Å². The van der Waals surface area contributed by atoms with Gasteiger partial charge in [0.25, 0.3) is 11.8 Å². The second-order valence-electron chi connectivity index (χ2n) is 6.50. The summed E-state index contributed by atoms with van der Waals surface area (Å²) in [6, 6.07) is 6.93. The first-order valence-corrected chi connectivity index (χ1v) is 9.52. The number of likely N-dealkylation sites (N-methyl/N-ethyl adjacent to an activating group) is 1. The number of fused-ring (bicyclic) bond motifs is 1. The SMILES string of the molecule is CCN(CC)CCNC(=O)CCCCCN1C(=O)c2ccccc2C1=O. The zero-order valence-electron chi connectivity index (χ0n) is 15.8. The normalized spacial score (nSPS) is 13.4. The number of carbonyl (C=O) groups excluding carboxylic acids is 3. The molecule has 1 aromatic rings. The highest BCUT2D eigenvalue weighted by atomic mass is 16.2. The molecule has 0 unspecified atom stereocenters. The predicted molar refractivity (Wildman–Crippen MR) is 101 cm³/mol. The number of hydrogen-bond donors (Lipinski definition) is 1. The Morgan fingerprint density at radius 3 is 2.19 bits per heavy atom. The van der Waals surface area contributed by atoms with E-state index in [0.29, 0.717) is 30.6 Å². The topological polar surface area (TPSA) is 69.7 Å². The van der Waals surface area contributed by atoms with E-state index in [0.717, 1.165) is 38.9 Å². The number of benzene rings is 1. The van der Waals surface area contributed by atoms with Crippen molar-refractivity contribution >= 4 is 17.7 Å². The summed E-state index contributed by atoms with van der Waals surface area (Å²) in [6.07, 6.45) is 2.79. The van der Waals surface area contributed by atoms with Gasteiger partial charge in [-0.2, -0.15) is 0 Å². The van der Waals surface area contributed by atoms with Gasteiger partial charge >= 0.3 is 0 Å². The molecule has 0 atom stereocenters. The summed E-state index contributed by atoms with van der Waals surface area (Å²) in [5.41, 5.74) is 0.982. The van der Waals surface area contributed by atoms with Crippen molar-refractivity contribution < 1.29 is 14.4 Å². The third-order valence-corrected chi connectivity index (χ3v) is 4.81. The zero-order valence-corrected chi connectivity index (χ0v) is 15.8. The van der Waals surface area contributed by atoms with Crippen molar-refractivity contribution in [1.29, 1.82) is 0 Å². The lowest BCUT2D eigenvalue weighted by atomic mass is 10.1. The van der Waals surface area contributed by atoms with E-state index in [-0.39, 0.29) is 17.7 Å². The molecule has 1 heterocycles. The highest BCUT2D eigenvalue weighted by Crippen LogP contribution is 2.22. The van der Waals surface area contributed by atoms with Crippen molar-refractivity contribution in [2.75, 3.05) is 32.7 Å². The predicted octanol–water partition coefficient (Wildman–Crippen LogP) is 2.30. The molecule has 1 aromatic carbocycles. The minimum atomic E-state index is -0.209. The number of nitrogens with one attached hydrogen (secondary N) is 1. The van der Waals surface area contributed by atoms with Gasteiger partial charge in [-0.15, -0.1) is 0 Å². The third kappa shape index (κ3) is 5.14. The van der Waals surface area contributed by atoms with Crippen LogP contribution in [0.2, 0.25) is 0 Å². The fraction of sp³-hybridized carbons (Fsp3) is 0.550. The van der Waals surface area contributed by atoms with E-state index in [1.807, 2.05) is 0 Å². The summed E-state index contributed by atoms with van der Waals surface area (Å²) in [5, 5.41) is 2.94. The summed E-state index contributed by atoms with van der Waals surface area (Å²) in [6.45, 7) is 8.16. The Morgan fingerprint density at radius 1 is 1.00 bits per heavy atom. The van der Waals surface area contributed by atoms with Crippen LogP contribution in [0.1, 0.15) is 60.2 Å². The molecule has 0 saturated heterocycles. The molecule has 0 bridgehead atoms. The Morgan fingerprint density at radius 2 is 1.62 bits per heavy atom. The van der Waals surface area contributed by atoms with Crippen molar-refractivity contribution in [2.24, 2.45) is 0 Å². The van der Waals surface area contributed by atoms with Gasteiger partial charge in [-0.1, -0.05) is 32.4 Å². The van der Waals surface area contributed by atoms with Gasteiger partial charge in [0.2, 0.25) is 5.91 Å². The van der Waals surface area contributed by atoms with E-state index in [2.05, 4.69) is 24.1 Å². The monoisotopic (exact) mass is 359 g/mol. The minimum Gasteiger partial charge on any atom is -0.355 e. The van der Waals surface area contributed by atoms with Crippen LogP contribution in [-0.2, 0) is 4.79 Å². The van der Waals surface area contributed by atoms with E-state index in [1.54, 1.807) is 24.3 Å². The highest BCUT2D eigenvalue weighted by molar-refractivity contribution is 6.21. The summed E-state index contributed by atoms with van der Waals surface area (Å²) in [7, 11) is 0. The second-order valence-corrected chi connectivity index (χ2v) is 6.50. The lowest BCUT2D eigenvalue weighted by Gasteiger charge is -2.18. The van der Waals surface area contributed by atoms with Crippen LogP contribution in [0.15, 0.2) is 24.3 Å². The fourth-order valence-electron chi connectivity index (χ4n) is 3.16. The van der Waals surface area contributed by atoms with Crippen LogP contribution in [0.4, 0.5) is 0 Å². The van der Waals surface area contributed by atoms with Gasteiger partial charge in [-0.05, 0) is 38.1 Å². The average Bonchev–Trinajstić information content (AvgIpc) is 2.90. The molecule has 26 heavy (non-hydrogen) atoms. The first kappa shape index (κ1) is 20.1. The minimum absolute atomic E-state index is 0.0675. The van der Waals surface area contributed by atoms with Crippen molar-refractivity contribution in [3.8, 4) is 0 Å². The van der Waals surface area contributed by atoms with Crippen LogP contribution in [0.3, 0.4) is 0 Å².